The summed E-state index contributed by atoms with van der Waals surface area (Å²) in [5.41, 5.74) is 2.53. The van der Waals surface area contributed by atoms with Gasteiger partial charge in [0.05, 0.1) is 5.56 Å². The molecule has 0 unspecified atom stereocenters. The van der Waals surface area contributed by atoms with E-state index in [0.29, 0.717) is 5.56 Å². The molecule has 0 saturated carbocycles. The lowest BCUT2D eigenvalue weighted by Gasteiger charge is -2.05. The Morgan fingerprint density at radius 2 is 1.55 bits per heavy atom. The molecule has 0 aliphatic rings. The van der Waals surface area contributed by atoms with Crippen LogP contribution in [0.2, 0.25) is 0 Å². The highest BCUT2D eigenvalue weighted by Crippen LogP contribution is 2.19. The quantitative estimate of drug-likeness (QED) is 0.866. The molecule has 2 rings (SSSR count). The van der Waals surface area contributed by atoms with Crippen LogP contribution in [-0.4, -0.2) is 25.5 Å². The number of esters is 1. The molecule has 20 heavy (non-hydrogen) atoms. The van der Waals surface area contributed by atoms with Crippen LogP contribution in [0, 0.1) is 0 Å². The van der Waals surface area contributed by atoms with Crippen molar-refractivity contribution < 1.29 is 14.3 Å². The number of rotatable bonds is 4. The van der Waals surface area contributed by atoms with E-state index in [4.69, 9.17) is 4.74 Å². The van der Waals surface area contributed by atoms with E-state index in [-0.39, 0.29) is 12.5 Å². The number of hydrogen-bond donors (Lipinski definition) is 1. The third-order valence-electron chi connectivity index (χ3n) is 2.84. The summed E-state index contributed by atoms with van der Waals surface area (Å²) in [6.45, 7) is -0.268. The molecule has 2 aromatic carbocycles. The maximum Gasteiger partial charge on any atom is 0.338 e. The number of ether oxygens (including phenoxy) is 1. The van der Waals surface area contributed by atoms with Crippen LogP contribution in [0.3, 0.4) is 0 Å². The molecular formula is C16H15NO3. The summed E-state index contributed by atoms with van der Waals surface area (Å²) in [5.74, 6) is -0.840. The maximum atomic E-state index is 11.7. The first-order chi connectivity index (χ1) is 9.70. The lowest BCUT2D eigenvalue weighted by Crippen LogP contribution is -2.25. The number of benzene rings is 2. The van der Waals surface area contributed by atoms with Crippen molar-refractivity contribution in [3.63, 3.8) is 0 Å². The Morgan fingerprint density at radius 3 is 2.15 bits per heavy atom. The van der Waals surface area contributed by atoms with Crippen LogP contribution >= 0.6 is 0 Å². The number of amides is 1. The van der Waals surface area contributed by atoms with Gasteiger partial charge < -0.3 is 10.1 Å². The van der Waals surface area contributed by atoms with E-state index in [1.807, 2.05) is 42.5 Å². The van der Waals surface area contributed by atoms with Gasteiger partial charge in [-0.3, -0.25) is 4.79 Å². The molecule has 0 heterocycles. The first-order valence-electron chi connectivity index (χ1n) is 6.24. The highest BCUT2D eigenvalue weighted by Gasteiger charge is 2.09. The Balaban J connectivity index is 2.05. The maximum absolute atomic E-state index is 11.7. The topological polar surface area (TPSA) is 55.4 Å². The molecule has 1 amide bonds. The second kappa shape index (κ2) is 6.52. The zero-order valence-corrected chi connectivity index (χ0v) is 11.1. The van der Waals surface area contributed by atoms with Gasteiger partial charge in [0.15, 0.2) is 6.61 Å². The van der Waals surface area contributed by atoms with Gasteiger partial charge in [0.25, 0.3) is 5.91 Å². The predicted molar refractivity (Wildman–Crippen MR) is 76.2 cm³/mol. The van der Waals surface area contributed by atoms with E-state index in [1.165, 1.54) is 7.05 Å². The number of hydrogen-bond acceptors (Lipinski definition) is 3. The van der Waals surface area contributed by atoms with Gasteiger partial charge in [-0.1, -0.05) is 42.5 Å². The number of nitrogens with one attached hydrogen (secondary N) is 1. The summed E-state index contributed by atoms with van der Waals surface area (Å²) in [7, 11) is 1.49. The summed E-state index contributed by atoms with van der Waals surface area (Å²) < 4.78 is 4.88. The van der Waals surface area contributed by atoms with Crippen LogP contribution < -0.4 is 5.32 Å². The first kappa shape index (κ1) is 13.8. The van der Waals surface area contributed by atoms with E-state index in [2.05, 4.69) is 5.32 Å². The van der Waals surface area contributed by atoms with Crippen LogP contribution in [0.15, 0.2) is 54.6 Å². The van der Waals surface area contributed by atoms with Crippen molar-refractivity contribution in [2.24, 2.45) is 0 Å². The van der Waals surface area contributed by atoms with E-state index in [9.17, 15) is 9.59 Å². The molecule has 0 fully saturated rings. The average Bonchev–Trinajstić information content (AvgIpc) is 2.53. The van der Waals surface area contributed by atoms with Crippen molar-refractivity contribution in [3.05, 3.63) is 60.2 Å². The van der Waals surface area contributed by atoms with Crippen molar-refractivity contribution in [2.75, 3.05) is 13.7 Å². The molecule has 2 aromatic rings. The largest absolute Gasteiger partial charge is 0.452 e. The van der Waals surface area contributed by atoms with Gasteiger partial charge in [0.2, 0.25) is 0 Å². The molecule has 0 saturated heterocycles. The minimum Gasteiger partial charge on any atom is -0.452 e. The molecule has 0 aliphatic heterocycles. The van der Waals surface area contributed by atoms with Crippen LogP contribution in [0.4, 0.5) is 0 Å². The number of carbonyl (C=O) groups excluding carboxylic acids is 2. The van der Waals surface area contributed by atoms with Crippen LogP contribution in [0.1, 0.15) is 10.4 Å². The normalized spacial score (nSPS) is 9.85. The molecule has 0 atom stereocenters. The Labute approximate surface area is 117 Å². The van der Waals surface area contributed by atoms with E-state index in [1.54, 1.807) is 12.1 Å². The second-order valence-corrected chi connectivity index (χ2v) is 4.19. The van der Waals surface area contributed by atoms with Crippen LogP contribution in [-0.2, 0) is 9.53 Å². The first-order valence-corrected chi connectivity index (χ1v) is 6.24. The fourth-order valence-electron chi connectivity index (χ4n) is 1.72. The Kier molecular flexibility index (Phi) is 4.50. The SMILES string of the molecule is CNC(=O)COC(=O)c1ccc(-c2ccccc2)cc1. The molecular weight excluding hydrogens is 254 g/mol. The number of carbonyl (C=O) groups is 2. The Hall–Kier alpha value is -2.62. The average molecular weight is 269 g/mol. The van der Waals surface area contributed by atoms with Crippen molar-refractivity contribution in [1.82, 2.24) is 5.32 Å². The lowest BCUT2D eigenvalue weighted by molar-refractivity contribution is -0.123. The monoisotopic (exact) mass is 269 g/mol. The highest BCUT2D eigenvalue weighted by molar-refractivity contribution is 5.91. The number of likely N-dealkylation sites (N-methyl/N-ethyl adjacent to an activating group) is 1. The summed E-state index contributed by atoms with van der Waals surface area (Å²) >= 11 is 0. The summed E-state index contributed by atoms with van der Waals surface area (Å²) in [4.78, 5) is 22.7. The second-order valence-electron chi connectivity index (χ2n) is 4.19. The fraction of sp³-hybridized carbons (Fsp3) is 0.125. The van der Waals surface area contributed by atoms with Gasteiger partial charge >= 0.3 is 5.97 Å². The molecule has 102 valence electrons. The van der Waals surface area contributed by atoms with E-state index >= 15 is 0 Å². The van der Waals surface area contributed by atoms with Gasteiger partial charge in [-0.2, -0.15) is 0 Å². The molecule has 0 aliphatic carbocycles. The zero-order chi connectivity index (χ0) is 14.4. The van der Waals surface area contributed by atoms with E-state index in [0.717, 1.165) is 11.1 Å². The minimum absolute atomic E-state index is 0.268. The van der Waals surface area contributed by atoms with Gasteiger partial charge in [0, 0.05) is 7.05 Å². The zero-order valence-electron chi connectivity index (χ0n) is 11.1. The van der Waals surface area contributed by atoms with E-state index < -0.39 is 5.97 Å². The molecule has 0 radical (unpaired) electrons. The van der Waals surface area contributed by atoms with Crippen molar-refractivity contribution in [1.29, 1.82) is 0 Å². The summed E-state index contributed by atoms with van der Waals surface area (Å²) in [6, 6.07) is 17.0. The highest BCUT2D eigenvalue weighted by atomic mass is 16.5. The Bertz CT molecular complexity index is 591. The van der Waals surface area contributed by atoms with Gasteiger partial charge in [-0.05, 0) is 23.3 Å². The molecule has 0 aromatic heterocycles. The van der Waals surface area contributed by atoms with Gasteiger partial charge in [-0.15, -0.1) is 0 Å². The van der Waals surface area contributed by atoms with Crippen LogP contribution in [0.25, 0.3) is 11.1 Å². The summed E-state index contributed by atoms with van der Waals surface area (Å²) in [6.07, 6.45) is 0. The van der Waals surface area contributed by atoms with Crippen LogP contribution in [0.5, 0.6) is 0 Å². The fourth-order valence-corrected chi connectivity index (χ4v) is 1.72. The molecule has 4 heteroatoms. The standard InChI is InChI=1S/C16H15NO3/c1-17-15(18)11-20-16(19)14-9-7-13(8-10-14)12-5-3-2-4-6-12/h2-10H,11H2,1H3,(H,17,18). The third-order valence-corrected chi connectivity index (χ3v) is 2.84. The Morgan fingerprint density at radius 1 is 0.950 bits per heavy atom. The molecule has 1 N–H and O–H groups in total. The van der Waals surface area contributed by atoms with Gasteiger partial charge in [0.1, 0.15) is 0 Å². The minimum atomic E-state index is -0.506. The smallest absolute Gasteiger partial charge is 0.338 e. The lowest BCUT2D eigenvalue weighted by atomic mass is 10.0. The van der Waals surface area contributed by atoms with Crippen molar-refractivity contribution in [3.8, 4) is 11.1 Å². The van der Waals surface area contributed by atoms with Gasteiger partial charge in [-0.25, -0.2) is 4.79 Å². The molecule has 4 nitrogen and oxygen atoms in total. The summed E-state index contributed by atoms with van der Waals surface area (Å²) in [5, 5.41) is 2.39. The third kappa shape index (κ3) is 3.45. The molecule has 0 bridgehead atoms. The molecule has 0 spiro atoms. The van der Waals surface area contributed by atoms with Crippen molar-refractivity contribution >= 4 is 11.9 Å². The predicted octanol–water partition coefficient (Wildman–Crippen LogP) is 2.26. The van der Waals surface area contributed by atoms with Crippen molar-refractivity contribution in [2.45, 2.75) is 0 Å².